The van der Waals surface area contributed by atoms with Gasteiger partial charge in [0.2, 0.25) is 0 Å². The van der Waals surface area contributed by atoms with Crippen molar-refractivity contribution >= 4 is 0 Å². The van der Waals surface area contributed by atoms with Crippen LogP contribution in [-0.4, -0.2) is 54.7 Å². The van der Waals surface area contributed by atoms with Crippen molar-refractivity contribution in [3.63, 3.8) is 0 Å². The molecule has 2 rings (SSSR count). The topological polar surface area (TPSA) is 41.9 Å². The second-order valence-electron chi connectivity index (χ2n) is 5.44. The molecule has 0 saturated carbocycles. The van der Waals surface area contributed by atoms with Crippen LogP contribution in [0, 0.1) is 5.92 Å². The molecule has 2 saturated heterocycles. The van der Waals surface area contributed by atoms with E-state index in [1.54, 1.807) is 0 Å². The van der Waals surface area contributed by atoms with Crippen molar-refractivity contribution in [2.75, 3.05) is 26.3 Å². The van der Waals surface area contributed by atoms with Crippen LogP contribution in [0.5, 0.6) is 0 Å². The van der Waals surface area contributed by atoms with E-state index in [2.05, 4.69) is 18.7 Å². The molecule has 0 amide bonds. The van der Waals surface area contributed by atoms with Crippen LogP contribution in [0.25, 0.3) is 0 Å². The third kappa shape index (κ3) is 3.41. The van der Waals surface area contributed by atoms with Crippen LogP contribution in [0.1, 0.15) is 33.1 Å². The summed E-state index contributed by atoms with van der Waals surface area (Å²) in [5, 5.41) is 8.88. The number of ether oxygens (including phenoxy) is 2. The van der Waals surface area contributed by atoms with Crippen LogP contribution in [0.3, 0.4) is 0 Å². The largest absolute Gasteiger partial charge is 0.396 e. The molecular weight excluding hydrogens is 218 g/mol. The minimum atomic E-state index is -0.0270. The molecule has 0 spiro atoms. The zero-order valence-corrected chi connectivity index (χ0v) is 11.0. The van der Waals surface area contributed by atoms with Crippen molar-refractivity contribution in [3.05, 3.63) is 0 Å². The number of aliphatic hydroxyl groups is 1. The Hall–Kier alpha value is -0.160. The lowest BCUT2D eigenvalue weighted by Crippen LogP contribution is -2.41. The van der Waals surface area contributed by atoms with E-state index in [0.717, 1.165) is 25.9 Å². The van der Waals surface area contributed by atoms with E-state index in [9.17, 15) is 0 Å². The normalized spacial score (nSPS) is 32.5. The van der Waals surface area contributed by atoms with Crippen LogP contribution >= 0.6 is 0 Å². The molecule has 1 N–H and O–H groups in total. The van der Waals surface area contributed by atoms with Crippen molar-refractivity contribution in [2.24, 2.45) is 5.92 Å². The molecule has 0 radical (unpaired) electrons. The van der Waals surface area contributed by atoms with E-state index in [4.69, 9.17) is 14.6 Å². The zero-order chi connectivity index (χ0) is 12.3. The molecule has 2 atom stereocenters. The first-order chi connectivity index (χ1) is 8.20. The lowest BCUT2D eigenvalue weighted by atomic mass is 9.95. The number of likely N-dealkylation sites (tertiary alicyclic amines) is 1. The minimum Gasteiger partial charge on any atom is -0.396 e. The van der Waals surface area contributed by atoms with Gasteiger partial charge in [-0.25, -0.2) is 0 Å². The SMILES string of the molecule is CC(C)N1CCC(C2OCC(CCO)O2)CC1. The van der Waals surface area contributed by atoms with Crippen molar-refractivity contribution in [2.45, 2.75) is 51.5 Å². The van der Waals surface area contributed by atoms with Gasteiger partial charge in [0.15, 0.2) is 6.29 Å². The van der Waals surface area contributed by atoms with Crippen molar-refractivity contribution in [1.82, 2.24) is 4.90 Å². The number of nitrogens with zero attached hydrogens (tertiary/aromatic N) is 1. The molecule has 2 fully saturated rings. The average molecular weight is 243 g/mol. The fourth-order valence-electron chi connectivity index (χ4n) is 2.72. The minimum absolute atomic E-state index is 0.0270. The Labute approximate surface area is 104 Å². The molecule has 100 valence electrons. The second kappa shape index (κ2) is 6.14. The molecule has 0 aromatic heterocycles. The fourth-order valence-corrected chi connectivity index (χ4v) is 2.72. The number of aliphatic hydroxyl groups excluding tert-OH is 1. The molecular formula is C13H25NO3. The molecule has 2 aliphatic rings. The van der Waals surface area contributed by atoms with Gasteiger partial charge in [0.05, 0.1) is 12.7 Å². The Morgan fingerprint density at radius 2 is 2.00 bits per heavy atom. The van der Waals surface area contributed by atoms with Crippen molar-refractivity contribution < 1.29 is 14.6 Å². The Balaban J connectivity index is 1.74. The molecule has 4 nitrogen and oxygen atoms in total. The maximum absolute atomic E-state index is 8.88. The summed E-state index contributed by atoms with van der Waals surface area (Å²) in [6, 6.07) is 0.642. The van der Waals surface area contributed by atoms with Crippen LogP contribution in [-0.2, 0) is 9.47 Å². The lowest BCUT2D eigenvalue weighted by Gasteiger charge is -2.36. The van der Waals surface area contributed by atoms with Gasteiger partial charge in [-0.15, -0.1) is 0 Å². The summed E-state index contributed by atoms with van der Waals surface area (Å²) >= 11 is 0. The Morgan fingerprint density at radius 3 is 2.59 bits per heavy atom. The van der Waals surface area contributed by atoms with Gasteiger partial charge >= 0.3 is 0 Å². The molecule has 17 heavy (non-hydrogen) atoms. The summed E-state index contributed by atoms with van der Waals surface area (Å²) < 4.78 is 11.5. The first-order valence-corrected chi connectivity index (χ1v) is 6.82. The van der Waals surface area contributed by atoms with Gasteiger partial charge < -0.3 is 19.5 Å². The third-order valence-corrected chi connectivity index (χ3v) is 3.91. The van der Waals surface area contributed by atoms with Gasteiger partial charge in [0.1, 0.15) is 0 Å². The quantitative estimate of drug-likeness (QED) is 0.806. The van der Waals surface area contributed by atoms with E-state index >= 15 is 0 Å². The van der Waals surface area contributed by atoms with E-state index in [1.165, 1.54) is 0 Å². The smallest absolute Gasteiger partial charge is 0.161 e. The zero-order valence-electron chi connectivity index (χ0n) is 11.0. The molecule has 2 aliphatic heterocycles. The number of piperidine rings is 1. The first-order valence-electron chi connectivity index (χ1n) is 6.82. The molecule has 0 bridgehead atoms. The number of hydrogen-bond donors (Lipinski definition) is 1. The van der Waals surface area contributed by atoms with Gasteiger partial charge in [0.25, 0.3) is 0 Å². The second-order valence-corrected chi connectivity index (χ2v) is 5.44. The average Bonchev–Trinajstić information content (AvgIpc) is 2.78. The van der Waals surface area contributed by atoms with Crippen LogP contribution in [0.2, 0.25) is 0 Å². The summed E-state index contributed by atoms with van der Waals surface area (Å²) in [6.07, 6.45) is 3.10. The van der Waals surface area contributed by atoms with E-state index < -0.39 is 0 Å². The predicted octanol–water partition coefficient (Wildman–Crippen LogP) is 1.23. The fraction of sp³-hybridized carbons (Fsp3) is 1.00. The molecule has 0 aromatic carbocycles. The number of rotatable bonds is 4. The van der Waals surface area contributed by atoms with E-state index in [0.29, 0.717) is 25.0 Å². The summed E-state index contributed by atoms with van der Waals surface area (Å²) in [6.45, 7) is 7.63. The van der Waals surface area contributed by atoms with Gasteiger partial charge in [-0.1, -0.05) is 0 Å². The highest BCUT2D eigenvalue weighted by molar-refractivity contribution is 4.79. The summed E-state index contributed by atoms with van der Waals surface area (Å²) in [5.74, 6) is 0.536. The summed E-state index contributed by atoms with van der Waals surface area (Å²) in [4.78, 5) is 2.51. The van der Waals surface area contributed by atoms with Gasteiger partial charge in [-0.3, -0.25) is 0 Å². The summed E-state index contributed by atoms with van der Waals surface area (Å²) in [7, 11) is 0. The first kappa shape index (κ1) is 13.3. The van der Waals surface area contributed by atoms with Gasteiger partial charge in [-0.2, -0.15) is 0 Å². The molecule has 0 aromatic rings. The lowest BCUT2D eigenvalue weighted by molar-refractivity contribution is -0.112. The maximum Gasteiger partial charge on any atom is 0.161 e. The van der Waals surface area contributed by atoms with Gasteiger partial charge in [0, 0.05) is 18.6 Å². The highest BCUT2D eigenvalue weighted by Gasteiger charge is 2.34. The Kier molecular flexibility index (Phi) is 4.79. The molecule has 4 heteroatoms. The molecule has 2 unspecified atom stereocenters. The maximum atomic E-state index is 8.88. The monoisotopic (exact) mass is 243 g/mol. The van der Waals surface area contributed by atoms with Crippen molar-refractivity contribution in [1.29, 1.82) is 0 Å². The van der Waals surface area contributed by atoms with E-state index in [1.807, 2.05) is 0 Å². The number of hydrogen-bond acceptors (Lipinski definition) is 4. The third-order valence-electron chi connectivity index (χ3n) is 3.91. The van der Waals surface area contributed by atoms with Crippen LogP contribution in [0.4, 0.5) is 0 Å². The van der Waals surface area contributed by atoms with Crippen molar-refractivity contribution in [3.8, 4) is 0 Å². The van der Waals surface area contributed by atoms with Crippen LogP contribution in [0.15, 0.2) is 0 Å². The van der Waals surface area contributed by atoms with Crippen LogP contribution < -0.4 is 0 Å². The predicted molar refractivity (Wildman–Crippen MR) is 65.7 cm³/mol. The van der Waals surface area contributed by atoms with Gasteiger partial charge in [-0.05, 0) is 46.2 Å². The highest BCUT2D eigenvalue weighted by Crippen LogP contribution is 2.29. The summed E-state index contributed by atoms with van der Waals surface area (Å²) in [5.41, 5.74) is 0. The Bertz CT molecular complexity index is 227. The Morgan fingerprint density at radius 1 is 1.29 bits per heavy atom. The molecule has 2 heterocycles. The molecule has 0 aliphatic carbocycles. The highest BCUT2D eigenvalue weighted by atomic mass is 16.7. The van der Waals surface area contributed by atoms with E-state index in [-0.39, 0.29) is 19.0 Å². The standard InChI is InChI=1S/C13H25NO3/c1-10(2)14-6-3-11(4-7-14)13-16-9-12(17-13)5-8-15/h10-13,15H,3-9H2,1-2H3.